The van der Waals surface area contributed by atoms with E-state index in [0.29, 0.717) is 11.5 Å². The standard InChI is InChI=1S/C27H24N2O6/c1-17-8-9-19(3)26(12-17)33-16-22-10-11-25(34-22)27(30)28-20-13-21(29(31)32)15-23(14-20)35-24-7-5-4-6-18(24)2/h4-15H,16H2,1-3H3,(H,28,30). The quantitative estimate of drug-likeness (QED) is 0.225. The summed E-state index contributed by atoms with van der Waals surface area (Å²) in [5.74, 6) is 1.50. The molecule has 1 amide bonds. The van der Waals surface area contributed by atoms with Crippen molar-refractivity contribution in [3.05, 3.63) is 111 Å². The van der Waals surface area contributed by atoms with E-state index in [2.05, 4.69) is 5.32 Å². The van der Waals surface area contributed by atoms with E-state index in [1.54, 1.807) is 18.2 Å². The minimum Gasteiger partial charge on any atom is -0.485 e. The SMILES string of the molecule is Cc1ccc(C)c(OCc2ccc(C(=O)Nc3cc(Oc4ccccc4C)cc([N+](=O)[O-])c3)o2)c1. The summed E-state index contributed by atoms with van der Waals surface area (Å²) in [5, 5.41) is 14.1. The van der Waals surface area contributed by atoms with Crippen LogP contribution in [0.2, 0.25) is 0 Å². The highest BCUT2D eigenvalue weighted by atomic mass is 16.6. The Morgan fingerprint density at radius 3 is 2.49 bits per heavy atom. The number of non-ortho nitro benzene ring substituents is 1. The number of ether oxygens (including phenoxy) is 2. The normalized spacial score (nSPS) is 10.6. The van der Waals surface area contributed by atoms with Crippen LogP contribution >= 0.6 is 0 Å². The van der Waals surface area contributed by atoms with Crippen LogP contribution in [0.5, 0.6) is 17.2 Å². The summed E-state index contributed by atoms with van der Waals surface area (Å²) in [6, 6.07) is 20.5. The highest BCUT2D eigenvalue weighted by molar-refractivity contribution is 6.02. The van der Waals surface area contributed by atoms with Crippen LogP contribution in [0.4, 0.5) is 11.4 Å². The van der Waals surface area contributed by atoms with Crippen molar-refractivity contribution in [2.24, 2.45) is 0 Å². The molecule has 0 saturated heterocycles. The molecular formula is C27H24N2O6. The molecule has 4 aromatic rings. The number of carbonyl (C=O) groups is 1. The molecule has 0 aliphatic heterocycles. The smallest absolute Gasteiger partial charge is 0.291 e. The number of para-hydroxylation sites is 1. The van der Waals surface area contributed by atoms with Gasteiger partial charge in [-0.3, -0.25) is 14.9 Å². The predicted octanol–water partition coefficient (Wildman–Crippen LogP) is 6.74. The van der Waals surface area contributed by atoms with Gasteiger partial charge < -0.3 is 19.2 Å². The van der Waals surface area contributed by atoms with Crippen LogP contribution in [0.1, 0.15) is 33.0 Å². The fourth-order valence-corrected chi connectivity index (χ4v) is 3.40. The van der Waals surface area contributed by atoms with Crippen molar-refractivity contribution in [1.29, 1.82) is 0 Å². The Labute approximate surface area is 202 Å². The summed E-state index contributed by atoms with van der Waals surface area (Å²) >= 11 is 0. The van der Waals surface area contributed by atoms with Crippen molar-refractivity contribution in [3.8, 4) is 17.2 Å². The van der Waals surface area contributed by atoms with E-state index < -0.39 is 10.8 Å². The van der Waals surface area contributed by atoms with Gasteiger partial charge in [0.2, 0.25) is 0 Å². The number of hydrogen-bond acceptors (Lipinski definition) is 6. The fourth-order valence-electron chi connectivity index (χ4n) is 3.40. The van der Waals surface area contributed by atoms with Crippen LogP contribution in [0.15, 0.2) is 77.2 Å². The number of carbonyl (C=O) groups excluding carboxylic acids is 1. The average molecular weight is 472 g/mol. The summed E-state index contributed by atoms with van der Waals surface area (Å²) in [4.78, 5) is 23.6. The van der Waals surface area contributed by atoms with Crippen molar-refractivity contribution < 1.29 is 23.6 Å². The average Bonchev–Trinajstić information content (AvgIpc) is 3.30. The number of anilines is 1. The molecule has 0 bridgehead atoms. The number of nitrogens with one attached hydrogen (secondary N) is 1. The summed E-state index contributed by atoms with van der Waals surface area (Å²) in [7, 11) is 0. The number of rotatable bonds is 8. The Kier molecular flexibility index (Phi) is 6.82. The lowest BCUT2D eigenvalue weighted by molar-refractivity contribution is -0.384. The fraction of sp³-hybridized carbons (Fsp3) is 0.148. The van der Waals surface area contributed by atoms with E-state index in [1.165, 1.54) is 24.3 Å². The molecule has 1 heterocycles. The molecule has 4 rings (SSSR count). The summed E-state index contributed by atoms with van der Waals surface area (Å²) in [5.41, 5.74) is 2.93. The zero-order valence-electron chi connectivity index (χ0n) is 19.5. The number of furan rings is 1. The first-order chi connectivity index (χ1) is 16.8. The van der Waals surface area contributed by atoms with Crippen LogP contribution in [-0.4, -0.2) is 10.8 Å². The third-order valence-corrected chi connectivity index (χ3v) is 5.28. The molecule has 0 radical (unpaired) electrons. The highest BCUT2D eigenvalue weighted by Crippen LogP contribution is 2.31. The first-order valence-electron chi connectivity index (χ1n) is 10.9. The topological polar surface area (TPSA) is 104 Å². The van der Waals surface area contributed by atoms with Gasteiger partial charge in [0.05, 0.1) is 16.7 Å². The molecule has 1 N–H and O–H groups in total. The van der Waals surface area contributed by atoms with Gasteiger partial charge in [0.25, 0.3) is 11.6 Å². The van der Waals surface area contributed by atoms with E-state index in [-0.39, 0.29) is 29.5 Å². The molecule has 3 aromatic carbocycles. The Morgan fingerprint density at radius 2 is 1.71 bits per heavy atom. The second kappa shape index (κ2) is 10.1. The molecule has 0 aliphatic rings. The third-order valence-electron chi connectivity index (χ3n) is 5.28. The maximum absolute atomic E-state index is 12.7. The number of benzene rings is 3. The van der Waals surface area contributed by atoms with Gasteiger partial charge in [-0.05, 0) is 61.7 Å². The lowest BCUT2D eigenvalue weighted by Crippen LogP contribution is -2.11. The van der Waals surface area contributed by atoms with Crippen LogP contribution in [0.3, 0.4) is 0 Å². The lowest BCUT2D eigenvalue weighted by atomic mass is 10.1. The number of nitrogens with zero attached hydrogens (tertiary/aromatic N) is 1. The Morgan fingerprint density at radius 1 is 0.943 bits per heavy atom. The molecule has 0 unspecified atom stereocenters. The molecule has 0 saturated carbocycles. The van der Waals surface area contributed by atoms with E-state index in [9.17, 15) is 14.9 Å². The van der Waals surface area contributed by atoms with Crippen LogP contribution in [-0.2, 0) is 6.61 Å². The molecule has 8 heteroatoms. The van der Waals surface area contributed by atoms with Gasteiger partial charge in [-0.25, -0.2) is 0 Å². The predicted molar refractivity (Wildman–Crippen MR) is 131 cm³/mol. The molecule has 0 atom stereocenters. The second-order valence-corrected chi connectivity index (χ2v) is 8.12. The first-order valence-corrected chi connectivity index (χ1v) is 10.9. The van der Waals surface area contributed by atoms with Gasteiger partial charge in [-0.2, -0.15) is 0 Å². The van der Waals surface area contributed by atoms with Crippen LogP contribution < -0.4 is 14.8 Å². The van der Waals surface area contributed by atoms with E-state index in [0.717, 1.165) is 22.4 Å². The monoisotopic (exact) mass is 472 g/mol. The molecule has 0 spiro atoms. The number of amides is 1. The minimum absolute atomic E-state index is 0.0532. The van der Waals surface area contributed by atoms with Crippen molar-refractivity contribution in [2.75, 3.05) is 5.32 Å². The largest absolute Gasteiger partial charge is 0.485 e. The molecule has 178 valence electrons. The molecule has 0 aliphatic carbocycles. The maximum Gasteiger partial charge on any atom is 0.291 e. The number of nitro groups is 1. The molecule has 8 nitrogen and oxygen atoms in total. The zero-order valence-corrected chi connectivity index (χ0v) is 19.5. The van der Waals surface area contributed by atoms with Gasteiger partial charge in [0.15, 0.2) is 5.76 Å². The Balaban J connectivity index is 1.48. The second-order valence-electron chi connectivity index (χ2n) is 8.12. The number of nitro benzene ring substituents is 1. The zero-order chi connectivity index (χ0) is 24.9. The van der Waals surface area contributed by atoms with Crippen molar-refractivity contribution in [1.82, 2.24) is 0 Å². The van der Waals surface area contributed by atoms with Gasteiger partial charge in [0, 0.05) is 12.1 Å². The lowest BCUT2D eigenvalue weighted by Gasteiger charge is -2.10. The van der Waals surface area contributed by atoms with Crippen molar-refractivity contribution in [3.63, 3.8) is 0 Å². The number of aryl methyl sites for hydroxylation is 3. The molecule has 1 aromatic heterocycles. The molecule has 35 heavy (non-hydrogen) atoms. The minimum atomic E-state index is -0.551. The van der Waals surface area contributed by atoms with E-state index in [4.69, 9.17) is 13.9 Å². The van der Waals surface area contributed by atoms with E-state index >= 15 is 0 Å². The van der Waals surface area contributed by atoms with Gasteiger partial charge in [0.1, 0.15) is 29.6 Å². The summed E-state index contributed by atoms with van der Waals surface area (Å²) in [6.45, 7) is 5.95. The first kappa shape index (κ1) is 23.6. The highest BCUT2D eigenvalue weighted by Gasteiger charge is 2.17. The number of hydrogen-bond donors (Lipinski definition) is 1. The van der Waals surface area contributed by atoms with Gasteiger partial charge >= 0.3 is 0 Å². The van der Waals surface area contributed by atoms with E-state index in [1.807, 2.05) is 51.1 Å². The van der Waals surface area contributed by atoms with Crippen molar-refractivity contribution in [2.45, 2.75) is 27.4 Å². The summed E-state index contributed by atoms with van der Waals surface area (Å²) in [6.07, 6.45) is 0. The Bertz CT molecular complexity index is 1390. The molecule has 0 fully saturated rings. The molecular weight excluding hydrogens is 448 g/mol. The van der Waals surface area contributed by atoms with Gasteiger partial charge in [-0.15, -0.1) is 0 Å². The van der Waals surface area contributed by atoms with Crippen LogP contribution in [0, 0.1) is 30.9 Å². The van der Waals surface area contributed by atoms with Crippen molar-refractivity contribution >= 4 is 17.3 Å². The van der Waals surface area contributed by atoms with Gasteiger partial charge in [-0.1, -0.05) is 30.3 Å². The summed E-state index contributed by atoms with van der Waals surface area (Å²) < 4.78 is 17.3. The maximum atomic E-state index is 12.7. The van der Waals surface area contributed by atoms with Crippen LogP contribution in [0.25, 0.3) is 0 Å². The third kappa shape index (κ3) is 5.86. The Hall–Kier alpha value is -4.59.